The third-order valence-electron chi connectivity index (χ3n) is 1.23. The molecule has 0 radical (unpaired) electrons. The van der Waals surface area contributed by atoms with Crippen LogP contribution in [0.1, 0.15) is 5.56 Å². The molecule has 0 spiro atoms. The Labute approximate surface area is 91.4 Å². The lowest BCUT2D eigenvalue weighted by atomic mass is 10.2. The molecular formula is C7H4BrClFI. The highest BCUT2D eigenvalue weighted by Gasteiger charge is 2.04. The van der Waals surface area contributed by atoms with Crippen LogP contribution in [-0.4, -0.2) is 0 Å². The van der Waals surface area contributed by atoms with Crippen LogP contribution in [-0.2, 0) is 5.88 Å². The molecule has 0 unspecified atom stereocenters. The van der Waals surface area contributed by atoms with E-state index in [1.165, 1.54) is 6.07 Å². The molecule has 1 rings (SSSR count). The first-order valence-corrected chi connectivity index (χ1v) is 5.25. The first kappa shape index (κ1) is 9.74. The monoisotopic (exact) mass is 348 g/mol. The number of rotatable bonds is 1. The molecule has 11 heavy (non-hydrogen) atoms. The van der Waals surface area contributed by atoms with Crippen LogP contribution >= 0.6 is 50.1 Å². The zero-order valence-electron chi connectivity index (χ0n) is 5.37. The summed E-state index contributed by atoms with van der Waals surface area (Å²) >= 11 is 10.8. The van der Waals surface area contributed by atoms with Gasteiger partial charge in [0, 0.05) is 9.45 Å². The van der Waals surface area contributed by atoms with Gasteiger partial charge in [-0.05, 0) is 56.2 Å². The van der Waals surface area contributed by atoms with Gasteiger partial charge in [0.2, 0.25) is 0 Å². The first-order chi connectivity index (χ1) is 5.15. The van der Waals surface area contributed by atoms with Crippen molar-refractivity contribution in [1.82, 2.24) is 0 Å². The fourth-order valence-corrected chi connectivity index (χ4v) is 2.54. The van der Waals surface area contributed by atoms with Crippen molar-refractivity contribution in [2.45, 2.75) is 5.88 Å². The van der Waals surface area contributed by atoms with Crippen LogP contribution in [0.3, 0.4) is 0 Å². The van der Waals surface area contributed by atoms with Gasteiger partial charge in [0.15, 0.2) is 0 Å². The van der Waals surface area contributed by atoms with Gasteiger partial charge in [0.05, 0.1) is 4.47 Å². The Morgan fingerprint density at radius 3 is 2.73 bits per heavy atom. The van der Waals surface area contributed by atoms with Crippen molar-refractivity contribution in [3.63, 3.8) is 0 Å². The summed E-state index contributed by atoms with van der Waals surface area (Å²) in [5, 5.41) is 0. The molecular weight excluding hydrogens is 345 g/mol. The molecule has 0 nitrogen and oxygen atoms in total. The number of hydrogen-bond donors (Lipinski definition) is 0. The predicted molar refractivity (Wildman–Crippen MR) is 56.4 cm³/mol. The minimum absolute atomic E-state index is 0.263. The number of alkyl halides is 1. The van der Waals surface area contributed by atoms with E-state index in [1.54, 1.807) is 6.07 Å². The van der Waals surface area contributed by atoms with Gasteiger partial charge in [-0.15, -0.1) is 11.6 Å². The zero-order chi connectivity index (χ0) is 8.43. The van der Waals surface area contributed by atoms with Crippen molar-refractivity contribution in [3.05, 3.63) is 31.6 Å². The third kappa shape index (κ3) is 2.29. The predicted octanol–water partition coefficient (Wildman–Crippen LogP) is 3.93. The van der Waals surface area contributed by atoms with E-state index in [9.17, 15) is 4.39 Å². The second-order valence-corrected chi connectivity index (χ2v) is 4.28. The second-order valence-electron chi connectivity index (χ2n) is 1.99. The highest BCUT2D eigenvalue weighted by Crippen LogP contribution is 2.23. The van der Waals surface area contributed by atoms with E-state index in [2.05, 4.69) is 38.5 Å². The molecule has 0 saturated carbocycles. The quantitative estimate of drug-likeness (QED) is 0.409. The van der Waals surface area contributed by atoms with Crippen LogP contribution < -0.4 is 0 Å². The Hall–Kier alpha value is 0.650. The maximum absolute atomic E-state index is 12.8. The van der Waals surface area contributed by atoms with E-state index in [1.807, 2.05) is 0 Å². The van der Waals surface area contributed by atoms with Crippen LogP contribution in [0, 0.1) is 9.39 Å². The minimum Gasteiger partial charge on any atom is -0.206 e. The van der Waals surface area contributed by atoms with E-state index in [-0.39, 0.29) is 5.82 Å². The molecule has 0 fully saturated rings. The van der Waals surface area contributed by atoms with E-state index in [0.29, 0.717) is 10.4 Å². The molecule has 0 N–H and O–H groups in total. The van der Waals surface area contributed by atoms with Gasteiger partial charge in [-0.1, -0.05) is 0 Å². The average Bonchev–Trinajstić information content (AvgIpc) is 1.97. The summed E-state index contributed by atoms with van der Waals surface area (Å²) in [6.07, 6.45) is 0. The Morgan fingerprint density at radius 1 is 1.55 bits per heavy atom. The standard InChI is InChI=1S/C7H4BrClFI/c8-5-2-7(11)4(3-9)1-6(5)10/h1-2H,3H2. The number of halogens is 4. The average molecular weight is 349 g/mol. The fourth-order valence-electron chi connectivity index (χ4n) is 0.666. The molecule has 1 aromatic rings. The highest BCUT2D eigenvalue weighted by molar-refractivity contribution is 14.1. The molecule has 0 bridgehead atoms. The molecule has 0 aliphatic carbocycles. The van der Waals surface area contributed by atoms with Gasteiger partial charge in [0.25, 0.3) is 0 Å². The van der Waals surface area contributed by atoms with Crippen molar-refractivity contribution in [2.24, 2.45) is 0 Å². The summed E-state index contributed by atoms with van der Waals surface area (Å²) in [5.74, 6) is 0.0868. The summed E-state index contributed by atoms with van der Waals surface area (Å²) in [5.41, 5.74) is 0.827. The van der Waals surface area contributed by atoms with Crippen LogP contribution in [0.25, 0.3) is 0 Å². The summed E-state index contributed by atoms with van der Waals surface area (Å²) in [4.78, 5) is 0. The molecule has 0 saturated heterocycles. The topological polar surface area (TPSA) is 0 Å². The lowest BCUT2D eigenvalue weighted by molar-refractivity contribution is 0.619. The molecule has 60 valence electrons. The molecule has 0 aliphatic heterocycles. The molecule has 4 heteroatoms. The van der Waals surface area contributed by atoms with Crippen molar-refractivity contribution < 1.29 is 4.39 Å². The van der Waals surface area contributed by atoms with Crippen molar-refractivity contribution in [1.29, 1.82) is 0 Å². The Kier molecular flexibility index (Phi) is 3.58. The van der Waals surface area contributed by atoms with E-state index >= 15 is 0 Å². The summed E-state index contributed by atoms with van der Waals surface area (Å²) in [6.45, 7) is 0. The van der Waals surface area contributed by atoms with Gasteiger partial charge in [-0.3, -0.25) is 0 Å². The van der Waals surface area contributed by atoms with Gasteiger partial charge in [-0.25, -0.2) is 4.39 Å². The SMILES string of the molecule is Fc1cc(CCl)c(I)cc1Br. The number of hydrogen-bond acceptors (Lipinski definition) is 0. The maximum Gasteiger partial charge on any atom is 0.137 e. The molecule has 0 amide bonds. The zero-order valence-corrected chi connectivity index (χ0v) is 9.87. The lowest BCUT2D eigenvalue weighted by Gasteiger charge is -2.01. The van der Waals surface area contributed by atoms with Crippen LogP contribution in [0.4, 0.5) is 4.39 Å². The van der Waals surface area contributed by atoms with Gasteiger partial charge in [0.1, 0.15) is 5.82 Å². The van der Waals surface area contributed by atoms with E-state index < -0.39 is 0 Å². The van der Waals surface area contributed by atoms with E-state index in [4.69, 9.17) is 11.6 Å². The summed E-state index contributed by atoms with van der Waals surface area (Å²) < 4.78 is 14.3. The second kappa shape index (κ2) is 4.05. The van der Waals surface area contributed by atoms with Crippen LogP contribution in [0.5, 0.6) is 0 Å². The minimum atomic E-state index is -0.263. The van der Waals surface area contributed by atoms with Crippen LogP contribution in [0.2, 0.25) is 0 Å². The smallest absolute Gasteiger partial charge is 0.137 e. The molecule has 0 heterocycles. The molecule has 0 aromatic heterocycles. The maximum atomic E-state index is 12.8. The Bertz CT molecular complexity index is 277. The Morgan fingerprint density at radius 2 is 2.18 bits per heavy atom. The normalized spacial score (nSPS) is 10.2. The molecule has 0 aliphatic rings. The number of benzene rings is 1. The fraction of sp³-hybridized carbons (Fsp3) is 0.143. The van der Waals surface area contributed by atoms with Crippen molar-refractivity contribution in [2.75, 3.05) is 0 Å². The molecule has 0 atom stereocenters. The van der Waals surface area contributed by atoms with Gasteiger partial charge >= 0.3 is 0 Å². The molecule has 1 aromatic carbocycles. The summed E-state index contributed by atoms with van der Waals surface area (Å²) in [7, 11) is 0. The third-order valence-corrected chi connectivity index (χ3v) is 3.13. The van der Waals surface area contributed by atoms with Crippen molar-refractivity contribution >= 4 is 50.1 Å². The van der Waals surface area contributed by atoms with Crippen LogP contribution in [0.15, 0.2) is 16.6 Å². The van der Waals surface area contributed by atoms with E-state index in [0.717, 1.165) is 9.13 Å². The summed E-state index contributed by atoms with van der Waals surface area (Å²) in [6, 6.07) is 3.16. The van der Waals surface area contributed by atoms with Gasteiger partial charge < -0.3 is 0 Å². The Balaban J connectivity index is 3.21. The largest absolute Gasteiger partial charge is 0.206 e. The van der Waals surface area contributed by atoms with Gasteiger partial charge in [-0.2, -0.15) is 0 Å². The highest BCUT2D eigenvalue weighted by atomic mass is 127. The lowest BCUT2D eigenvalue weighted by Crippen LogP contribution is -1.87. The first-order valence-electron chi connectivity index (χ1n) is 2.84. The van der Waals surface area contributed by atoms with Crippen molar-refractivity contribution in [3.8, 4) is 0 Å².